The molecule has 0 aromatic heterocycles. The van der Waals surface area contributed by atoms with Crippen LogP contribution in [0.3, 0.4) is 0 Å². The molecular weight excluding hydrogens is 276 g/mol. The zero-order valence-corrected chi connectivity index (χ0v) is 12.0. The molecule has 0 aliphatic rings. The Labute approximate surface area is 122 Å². The van der Waals surface area contributed by atoms with Gasteiger partial charge in [-0.2, -0.15) is 0 Å². The average molecular weight is 294 g/mol. The van der Waals surface area contributed by atoms with Crippen molar-refractivity contribution in [2.24, 2.45) is 0 Å². The van der Waals surface area contributed by atoms with Crippen LogP contribution in [0.4, 0.5) is 10.5 Å². The van der Waals surface area contributed by atoms with Crippen LogP contribution >= 0.6 is 0 Å². The van der Waals surface area contributed by atoms with Crippen LogP contribution in [-0.2, 0) is 9.53 Å². The van der Waals surface area contributed by atoms with Gasteiger partial charge in [-0.25, -0.2) is 9.59 Å². The number of hydrogen-bond donors (Lipinski definition) is 2. The Morgan fingerprint density at radius 2 is 1.81 bits per heavy atom. The molecule has 0 saturated heterocycles. The Morgan fingerprint density at radius 1 is 1.19 bits per heavy atom. The molecule has 0 aliphatic carbocycles. The van der Waals surface area contributed by atoms with Gasteiger partial charge in [0.05, 0.1) is 12.2 Å². The Morgan fingerprint density at radius 3 is 2.29 bits per heavy atom. The highest BCUT2D eigenvalue weighted by molar-refractivity contribution is 5.93. The van der Waals surface area contributed by atoms with Crippen LogP contribution in [0, 0.1) is 0 Å². The zero-order chi connectivity index (χ0) is 15.8. The first-order valence-electron chi connectivity index (χ1n) is 6.52. The number of rotatable bonds is 6. The van der Waals surface area contributed by atoms with E-state index < -0.39 is 18.0 Å². The third-order valence-electron chi connectivity index (χ3n) is 2.68. The molecule has 1 aromatic rings. The van der Waals surface area contributed by atoms with Crippen LogP contribution in [-0.4, -0.2) is 47.7 Å². The molecule has 0 unspecified atom stereocenters. The summed E-state index contributed by atoms with van der Waals surface area (Å²) in [5.74, 6) is -1.51. The van der Waals surface area contributed by atoms with Gasteiger partial charge in [-0.05, 0) is 38.1 Å². The minimum absolute atomic E-state index is 0.131. The molecule has 0 saturated carbocycles. The van der Waals surface area contributed by atoms with Crippen LogP contribution in [0.15, 0.2) is 24.3 Å². The van der Waals surface area contributed by atoms with E-state index in [9.17, 15) is 14.4 Å². The highest BCUT2D eigenvalue weighted by Gasteiger charge is 2.16. The number of aromatic carboxylic acids is 1. The number of likely N-dealkylation sites (N-methyl/N-ethyl adjacent to an activating group) is 1. The summed E-state index contributed by atoms with van der Waals surface area (Å²) in [5, 5.41) is 11.4. The molecule has 0 aliphatic heterocycles. The van der Waals surface area contributed by atoms with Gasteiger partial charge in [-0.3, -0.25) is 4.79 Å². The number of benzene rings is 1. The molecule has 7 heteroatoms. The lowest BCUT2D eigenvalue weighted by molar-refractivity contribution is -0.143. The van der Waals surface area contributed by atoms with Crippen molar-refractivity contribution in [3.05, 3.63) is 29.8 Å². The van der Waals surface area contributed by atoms with Crippen molar-refractivity contribution in [1.29, 1.82) is 0 Å². The lowest BCUT2D eigenvalue weighted by Gasteiger charge is -2.20. The van der Waals surface area contributed by atoms with Gasteiger partial charge in [0.25, 0.3) is 0 Å². The minimum atomic E-state index is -1.04. The topological polar surface area (TPSA) is 95.9 Å². The Balaban J connectivity index is 2.65. The van der Waals surface area contributed by atoms with Gasteiger partial charge in [0.2, 0.25) is 0 Å². The molecule has 1 rings (SSSR count). The van der Waals surface area contributed by atoms with E-state index in [-0.39, 0.29) is 18.7 Å². The largest absolute Gasteiger partial charge is 0.478 e. The number of carbonyl (C=O) groups excluding carboxylic acids is 2. The van der Waals surface area contributed by atoms with Gasteiger partial charge in [0.1, 0.15) is 6.54 Å². The number of urea groups is 1. The molecule has 2 amide bonds. The SMILES string of the molecule is CCOC(=O)CN(CC)C(=O)Nc1ccc(C(=O)O)cc1. The Hall–Kier alpha value is -2.57. The van der Waals surface area contributed by atoms with Gasteiger partial charge in [0, 0.05) is 12.2 Å². The molecule has 0 radical (unpaired) electrons. The van der Waals surface area contributed by atoms with Crippen molar-refractivity contribution in [1.82, 2.24) is 4.90 Å². The first kappa shape index (κ1) is 16.5. The van der Waals surface area contributed by atoms with Crippen molar-refractivity contribution in [2.75, 3.05) is 25.0 Å². The van der Waals surface area contributed by atoms with E-state index in [0.29, 0.717) is 12.2 Å². The van der Waals surface area contributed by atoms with Gasteiger partial charge >= 0.3 is 18.0 Å². The maximum Gasteiger partial charge on any atom is 0.335 e. The number of hydrogen-bond acceptors (Lipinski definition) is 4. The summed E-state index contributed by atoms with van der Waals surface area (Å²) in [5.41, 5.74) is 0.583. The summed E-state index contributed by atoms with van der Waals surface area (Å²) < 4.78 is 4.79. The number of nitrogens with one attached hydrogen (secondary N) is 1. The predicted octanol–water partition coefficient (Wildman–Crippen LogP) is 1.80. The Kier molecular flexibility index (Phi) is 6.19. The zero-order valence-electron chi connectivity index (χ0n) is 12.0. The molecule has 21 heavy (non-hydrogen) atoms. The smallest absolute Gasteiger partial charge is 0.335 e. The quantitative estimate of drug-likeness (QED) is 0.780. The minimum Gasteiger partial charge on any atom is -0.478 e. The van der Waals surface area contributed by atoms with Crippen molar-refractivity contribution in [2.45, 2.75) is 13.8 Å². The molecule has 0 atom stereocenters. The number of anilines is 1. The van der Waals surface area contributed by atoms with E-state index >= 15 is 0 Å². The number of nitrogens with zero attached hydrogens (tertiary/aromatic N) is 1. The van der Waals surface area contributed by atoms with E-state index in [1.165, 1.54) is 29.2 Å². The highest BCUT2D eigenvalue weighted by Crippen LogP contribution is 2.10. The number of carboxylic acids is 1. The van der Waals surface area contributed by atoms with Crippen LogP contribution in [0.1, 0.15) is 24.2 Å². The molecule has 1 aromatic carbocycles. The van der Waals surface area contributed by atoms with E-state index in [2.05, 4.69) is 5.32 Å². The van der Waals surface area contributed by atoms with Crippen molar-refractivity contribution >= 4 is 23.7 Å². The van der Waals surface area contributed by atoms with Crippen molar-refractivity contribution in [3.63, 3.8) is 0 Å². The molecule has 2 N–H and O–H groups in total. The van der Waals surface area contributed by atoms with Crippen LogP contribution in [0.25, 0.3) is 0 Å². The first-order valence-corrected chi connectivity index (χ1v) is 6.52. The summed E-state index contributed by atoms with van der Waals surface area (Å²) in [6, 6.07) is 5.30. The second-order valence-corrected chi connectivity index (χ2v) is 4.13. The second kappa shape index (κ2) is 7.88. The second-order valence-electron chi connectivity index (χ2n) is 4.13. The molecule has 0 fully saturated rings. The summed E-state index contributed by atoms with van der Waals surface area (Å²) >= 11 is 0. The normalized spacial score (nSPS) is 9.81. The molecule has 0 heterocycles. The van der Waals surface area contributed by atoms with Crippen LogP contribution < -0.4 is 5.32 Å². The fraction of sp³-hybridized carbons (Fsp3) is 0.357. The third-order valence-corrected chi connectivity index (χ3v) is 2.68. The van der Waals surface area contributed by atoms with E-state index in [4.69, 9.17) is 9.84 Å². The van der Waals surface area contributed by atoms with Crippen molar-refractivity contribution < 1.29 is 24.2 Å². The number of carbonyl (C=O) groups is 3. The van der Waals surface area contributed by atoms with Crippen LogP contribution in [0.5, 0.6) is 0 Å². The molecule has 0 bridgehead atoms. The molecule has 114 valence electrons. The van der Waals surface area contributed by atoms with Gasteiger partial charge in [-0.1, -0.05) is 0 Å². The molecule has 0 spiro atoms. The predicted molar refractivity (Wildman–Crippen MR) is 76.3 cm³/mol. The lowest BCUT2D eigenvalue weighted by atomic mass is 10.2. The molecule has 7 nitrogen and oxygen atoms in total. The first-order chi connectivity index (χ1) is 9.97. The maximum absolute atomic E-state index is 12.0. The third kappa shape index (κ3) is 5.13. The number of ether oxygens (including phenoxy) is 1. The fourth-order valence-electron chi connectivity index (χ4n) is 1.59. The summed E-state index contributed by atoms with van der Waals surface area (Å²) in [7, 11) is 0. The van der Waals surface area contributed by atoms with E-state index in [0.717, 1.165) is 0 Å². The highest BCUT2D eigenvalue weighted by atomic mass is 16.5. The maximum atomic E-state index is 12.0. The number of amides is 2. The van der Waals surface area contributed by atoms with Crippen LogP contribution in [0.2, 0.25) is 0 Å². The number of carboxylic acid groups (broad SMARTS) is 1. The standard InChI is InChI=1S/C14H18N2O5/c1-3-16(9-12(17)21-4-2)14(20)15-11-7-5-10(6-8-11)13(18)19/h5-8H,3-4,9H2,1-2H3,(H,15,20)(H,18,19). The molecular formula is C14H18N2O5. The fourth-order valence-corrected chi connectivity index (χ4v) is 1.59. The van der Waals surface area contributed by atoms with Crippen molar-refractivity contribution in [3.8, 4) is 0 Å². The average Bonchev–Trinajstić information content (AvgIpc) is 2.45. The van der Waals surface area contributed by atoms with Gasteiger partial charge in [0.15, 0.2) is 0 Å². The van der Waals surface area contributed by atoms with E-state index in [1.807, 2.05) is 0 Å². The lowest BCUT2D eigenvalue weighted by Crippen LogP contribution is -2.39. The number of esters is 1. The monoisotopic (exact) mass is 294 g/mol. The summed E-state index contributed by atoms with van der Waals surface area (Å²) in [6.45, 7) is 3.90. The summed E-state index contributed by atoms with van der Waals surface area (Å²) in [6.07, 6.45) is 0. The van der Waals surface area contributed by atoms with Gasteiger partial charge in [-0.15, -0.1) is 0 Å². The van der Waals surface area contributed by atoms with Gasteiger partial charge < -0.3 is 20.1 Å². The Bertz CT molecular complexity index is 513. The van der Waals surface area contributed by atoms with E-state index in [1.54, 1.807) is 13.8 Å². The summed E-state index contributed by atoms with van der Waals surface area (Å²) in [4.78, 5) is 35.4.